The average molecular weight is 225 g/mol. The predicted octanol–water partition coefficient (Wildman–Crippen LogP) is 2.70. The Morgan fingerprint density at radius 2 is 2.29 bits per heavy atom. The maximum absolute atomic E-state index is 9.06. The van der Waals surface area contributed by atoms with E-state index >= 15 is 0 Å². The van der Waals surface area contributed by atoms with Crippen LogP contribution in [0.15, 0.2) is 23.1 Å². The zero-order chi connectivity index (χ0) is 10.1. The highest BCUT2D eigenvalue weighted by Gasteiger charge is 2.07. The highest BCUT2D eigenvalue weighted by molar-refractivity contribution is 7.99. The van der Waals surface area contributed by atoms with Crippen molar-refractivity contribution in [2.45, 2.75) is 11.5 Å². The van der Waals surface area contributed by atoms with Crippen LogP contribution in [0.25, 0.3) is 10.1 Å². The van der Waals surface area contributed by atoms with Crippen LogP contribution >= 0.6 is 23.1 Å². The van der Waals surface area contributed by atoms with Crippen LogP contribution < -0.4 is 5.73 Å². The van der Waals surface area contributed by atoms with Gasteiger partial charge in [0.05, 0.1) is 11.3 Å². The Hall–Kier alpha value is -0.710. The molecule has 3 N–H and O–H groups in total. The van der Waals surface area contributed by atoms with E-state index in [1.807, 2.05) is 24.5 Å². The van der Waals surface area contributed by atoms with Gasteiger partial charge in [0.25, 0.3) is 0 Å². The molecule has 0 radical (unpaired) electrons. The number of aliphatic hydroxyl groups is 1. The summed E-state index contributed by atoms with van der Waals surface area (Å²) in [6, 6.07) is 5.91. The van der Waals surface area contributed by atoms with Gasteiger partial charge < -0.3 is 10.8 Å². The molecule has 0 spiro atoms. The summed E-state index contributed by atoms with van der Waals surface area (Å²) in [4.78, 5) is 2.19. The first kappa shape index (κ1) is 9.83. The number of rotatable bonds is 2. The van der Waals surface area contributed by atoms with Gasteiger partial charge in [0, 0.05) is 20.8 Å². The minimum absolute atomic E-state index is 0.0899. The first-order valence-corrected chi connectivity index (χ1v) is 6.26. The summed E-state index contributed by atoms with van der Waals surface area (Å²) < 4.78 is 1.18. The second-order valence-electron chi connectivity index (χ2n) is 2.97. The van der Waals surface area contributed by atoms with Crippen molar-refractivity contribution < 1.29 is 5.11 Å². The van der Waals surface area contributed by atoms with Gasteiger partial charge in [0.2, 0.25) is 0 Å². The molecule has 0 bridgehead atoms. The topological polar surface area (TPSA) is 46.2 Å². The summed E-state index contributed by atoms with van der Waals surface area (Å²) in [7, 11) is 0. The Morgan fingerprint density at radius 3 is 2.93 bits per heavy atom. The number of nitrogens with two attached hydrogens (primary N) is 1. The fourth-order valence-electron chi connectivity index (χ4n) is 1.41. The lowest BCUT2D eigenvalue weighted by Crippen LogP contribution is -1.84. The first-order chi connectivity index (χ1) is 6.76. The summed E-state index contributed by atoms with van der Waals surface area (Å²) in [5, 5.41) is 10.1. The Bertz CT molecular complexity index is 464. The van der Waals surface area contributed by atoms with Gasteiger partial charge in [-0.25, -0.2) is 0 Å². The van der Waals surface area contributed by atoms with E-state index in [-0.39, 0.29) is 6.61 Å². The molecule has 14 heavy (non-hydrogen) atoms. The summed E-state index contributed by atoms with van der Waals surface area (Å²) >= 11 is 3.32. The predicted molar refractivity (Wildman–Crippen MR) is 63.9 cm³/mol. The summed E-state index contributed by atoms with van der Waals surface area (Å²) in [5.74, 6) is 0. The van der Waals surface area contributed by atoms with Crippen molar-refractivity contribution >= 4 is 38.9 Å². The monoisotopic (exact) mass is 225 g/mol. The number of hydrogen-bond acceptors (Lipinski definition) is 4. The fraction of sp³-hybridized carbons (Fsp3) is 0.200. The molecule has 0 unspecified atom stereocenters. The van der Waals surface area contributed by atoms with Crippen LogP contribution in [-0.4, -0.2) is 11.4 Å². The second-order valence-corrected chi connectivity index (χ2v) is 4.96. The van der Waals surface area contributed by atoms with Crippen molar-refractivity contribution in [1.29, 1.82) is 0 Å². The van der Waals surface area contributed by atoms with Crippen molar-refractivity contribution in [3.05, 3.63) is 23.1 Å². The number of nitrogen functional groups attached to an aromatic ring is 1. The van der Waals surface area contributed by atoms with Crippen molar-refractivity contribution in [2.24, 2.45) is 0 Å². The lowest BCUT2D eigenvalue weighted by atomic mass is 10.2. The standard InChI is InChI=1S/C10H11NOS2/c1-13-9-3-2-8(11)7-4-6(5-12)14-10(7)9/h2-4,12H,5,11H2,1H3. The molecule has 0 amide bonds. The van der Waals surface area contributed by atoms with Crippen molar-refractivity contribution in [1.82, 2.24) is 0 Å². The smallest absolute Gasteiger partial charge is 0.0774 e. The van der Waals surface area contributed by atoms with E-state index in [1.165, 1.54) is 9.60 Å². The molecular formula is C10H11NOS2. The molecule has 0 atom stereocenters. The molecule has 74 valence electrons. The van der Waals surface area contributed by atoms with Crippen LogP contribution in [0.1, 0.15) is 4.88 Å². The summed E-state index contributed by atoms with van der Waals surface area (Å²) in [5.41, 5.74) is 6.65. The van der Waals surface area contributed by atoms with E-state index in [2.05, 4.69) is 0 Å². The first-order valence-electron chi connectivity index (χ1n) is 4.22. The van der Waals surface area contributed by atoms with Crippen molar-refractivity contribution in [2.75, 3.05) is 12.0 Å². The number of fused-ring (bicyclic) bond motifs is 1. The van der Waals surface area contributed by atoms with E-state index in [1.54, 1.807) is 23.1 Å². The third-order valence-electron chi connectivity index (χ3n) is 2.11. The molecule has 1 aromatic heterocycles. The van der Waals surface area contributed by atoms with E-state index in [0.29, 0.717) is 0 Å². The normalized spacial score (nSPS) is 11.0. The van der Waals surface area contributed by atoms with E-state index in [4.69, 9.17) is 10.8 Å². The molecule has 1 aromatic carbocycles. The van der Waals surface area contributed by atoms with Crippen molar-refractivity contribution in [3.8, 4) is 0 Å². The van der Waals surface area contributed by atoms with Crippen LogP contribution in [-0.2, 0) is 6.61 Å². The number of aliphatic hydroxyl groups excluding tert-OH is 1. The third kappa shape index (κ3) is 1.49. The van der Waals surface area contributed by atoms with E-state index < -0.39 is 0 Å². The Kier molecular flexibility index (Phi) is 2.67. The van der Waals surface area contributed by atoms with Gasteiger partial charge in [0.15, 0.2) is 0 Å². The van der Waals surface area contributed by atoms with E-state index in [9.17, 15) is 0 Å². The highest BCUT2D eigenvalue weighted by atomic mass is 32.2. The fourth-order valence-corrected chi connectivity index (χ4v) is 3.24. The molecule has 0 saturated carbocycles. The average Bonchev–Trinajstić information content (AvgIpc) is 2.63. The second kappa shape index (κ2) is 3.81. The Balaban J connectivity index is 2.74. The van der Waals surface area contributed by atoms with Gasteiger partial charge in [-0.3, -0.25) is 0 Å². The Labute approximate surface area is 90.7 Å². The zero-order valence-electron chi connectivity index (χ0n) is 7.78. The molecule has 0 aliphatic rings. The molecular weight excluding hydrogens is 214 g/mol. The van der Waals surface area contributed by atoms with Crippen molar-refractivity contribution in [3.63, 3.8) is 0 Å². The molecule has 0 aliphatic heterocycles. The van der Waals surface area contributed by atoms with Gasteiger partial charge in [-0.15, -0.1) is 23.1 Å². The maximum atomic E-state index is 9.06. The molecule has 0 fully saturated rings. The number of anilines is 1. The van der Waals surface area contributed by atoms with Gasteiger partial charge >= 0.3 is 0 Å². The molecule has 2 rings (SSSR count). The molecule has 4 heteroatoms. The molecule has 0 saturated heterocycles. The van der Waals surface area contributed by atoms with Crippen LogP contribution in [0, 0.1) is 0 Å². The quantitative estimate of drug-likeness (QED) is 0.610. The van der Waals surface area contributed by atoms with E-state index in [0.717, 1.165) is 16.0 Å². The zero-order valence-corrected chi connectivity index (χ0v) is 9.41. The minimum atomic E-state index is 0.0899. The lowest BCUT2D eigenvalue weighted by Gasteiger charge is -2.00. The van der Waals surface area contributed by atoms with Gasteiger partial charge in [-0.05, 0) is 24.5 Å². The molecule has 2 nitrogen and oxygen atoms in total. The third-order valence-corrected chi connectivity index (χ3v) is 4.17. The number of benzene rings is 1. The minimum Gasteiger partial charge on any atom is -0.398 e. The number of hydrogen-bond donors (Lipinski definition) is 2. The molecule has 0 aliphatic carbocycles. The number of thioether (sulfide) groups is 1. The van der Waals surface area contributed by atoms with Crippen LogP contribution in [0.2, 0.25) is 0 Å². The molecule has 2 aromatic rings. The number of thiophene rings is 1. The molecule has 1 heterocycles. The largest absolute Gasteiger partial charge is 0.398 e. The van der Waals surface area contributed by atoms with Crippen LogP contribution in [0.3, 0.4) is 0 Å². The van der Waals surface area contributed by atoms with Crippen LogP contribution in [0.4, 0.5) is 5.69 Å². The summed E-state index contributed by atoms with van der Waals surface area (Å²) in [6.45, 7) is 0.0899. The van der Waals surface area contributed by atoms with Gasteiger partial charge in [-0.2, -0.15) is 0 Å². The van der Waals surface area contributed by atoms with Gasteiger partial charge in [0.1, 0.15) is 0 Å². The lowest BCUT2D eigenvalue weighted by molar-refractivity contribution is 0.285. The van der Waals surface area contributed by atoms with Crippen LogP contribution in [0.5, 0.6) is 0 Å². The SMILES string of the molecule is CSc1ccc(N)c2cc(CO)sc12. The maximum Gasteiger partial charge on any atom is 0.0774 e. The summed E-state index contributed by atoms with van der Waals surface area (Å²) in [6.07, 6.45) is 2.04. The Morgan fingerprint density at radius 1 is 1.50 bits per heavy atom. The van der Waals surface area contributed by atoms with Gasteiger partial charge in [-0.1, -0.05) is 0 Å². The highest BCUT2D eigenvalue weighted by Crippen LogP contribution is 2.36.